The molecule has 6 heteroatoms. The summed E-state index contributed by atoms with van der Waals surface area (Å²) in [6.07, 6.45) is 6.03. The minimum atomic E-state index is 0. The first-order valence-electron chi connectivity index (χ1n) is 6.84. The van der Waals surface area contributed by atoms with Gasteiger partial charge >= 0.3 is 0 Å². The van der Waals surface area contributed by atoms with Gasteiger partial charge in [0.15, 0.2) is 0 Å². The van der Waals surface area contributed by atoms with Crippen LogP contribution in [0.4, 0.5) is 0 Å². The summed E-state index contributed by atoms with van der Waals surface area (Å²) in [6.45, 7) is 10.1. The normalized spacial score (nSPS) is 11.1. The summed E-state index contributed by atoms with van der Waals surface area (Å²) >= 11 is 0. The highest BCUT2D eigenvalue weighted by atomic mass is 35.5. The quantitative estimate of drug-likeness (QED) is 0.892. The molecule has 1 N–H and O–H groups in total. The van der Waals surface area contributed by atoms with E-state index in [4.69, 9.17) is 0 Å². The van der Waals surface area contributed by atoms with Crippen molar-refractivity contribution < 1.29 is 0 Å². The molecule has 0 unspecified atom stereocenters. The van der Waals surface area contributed by atoms with E-state index in [2.05, 4.69) is 55.5 Å². The Morgan fingerprint density at radius 1 is 1.10 bits per heavy atom. The highest BCUT2D eigenvalue weighted by Gasteiger charge is 2.03. The van der Waals surface area contributed by atoms with Crippen molar-refractivity contribution in [2.45, 2.75) is 52.9 Å². The van der Waals surface area contributed by atoms with Crippen molar-refractivity contribution in [1.82, 2.24) is 24.9 Å². The number of rotatable bonds is 6. The molecule has 2 aromatic rings. The van der Waals surface area contributed by atoms with Gasteiger partial charge in [-0.1, -0.05) is 0 Å². The SMILES string of the molecule is CC(C)n1cc(CNCc2ccn(C(C)C)n2)cn1.Cl. The molecule has 0 aromatic carbocycles. The monoisotopic (exact) mass is 297 g/mol. The molecule has 5 nitrogen and oxygen atoms in total. The molecule has 0 amide bonds. The summed E-state index contributed by atoms with van der Waals surface area (Å²) in [5, 5.41) is 12.2. The Bertz CT molecular complexity index is 469. The Kier molecular flexibility index (Phi) is 6.23. The van der Waals surface area contributed by atoms with Crippen molar-refractivity contribution in [3.8, 4) is 0 Å². The molecule has 0 aliphatic heterocycles. The molecule has 2 aromatic heterocycles. The van der Waals surface area contributed by atoms with Gasteiger partial charge in [-0.2, -0.15) is 10.2 Å². The van der Waals surface area contributed by atoms with Crippen LogP contribution in [0.1, 0.15) is 51.0 Å². The molecular weight excluding hydrogens is 274 g/mol. The van der Waals surface area contributed by atoms with Crippen molar-refractivity contribution in [2.24, 2.45) is 0 Å². The van der Waals surface area contributed by atoms with Gasteiger partial charge in [-0.05, 0) is 33.8 Å². The Morgan fingerprint density at radius 2 is 1.80 bits per heavy atom. The maximum absolute atomic E-state index is 4.51. The lowest BCUT2D eigenvalue weighted by molar-refractivity contribution is 0.521. The predicted octanol–water partition coefficient (Wildman–Crippen LogP) is 2.95. The summed E-state index contributed by atoms with van der Waals surface area (Å²) in [5.74, 6) is 0. The van der Waals surface area contributed by atoms with Crippen LogP contribution in [0.3, 0.4) is 0 Å². The largest absolute Gasteiger partial charge is 0.307 e. The van der Waals surface area contributed by atoms with E-state index in [9.17, 15) is 0 Å². The van der Waals surface area contributed by atoms with Gasteiger partial charge < -0.3 is 5.32 Å². The van der Waals surface area contributed by atoms with E-state index < -0.39 is 0 Å². The van der Waals surface area contributed by atoms with Crippen LogP contribution < -0.4 is 5.32 Å². The fourth-order valence-corrected chi connectivity index (χ4v) is 1.85. The van der Waals surface area contributed by atoms with Crippen molar-refractivity contribution in [3.05, 3.63) is 35.9 Å². The van der Waals surface area contributed by atoms with Gasteiger partial charge in [-0.25, -0.2) is 0 Å². The summed E-state index contributed by atoms with van der Waals surface area (Å²) in [4.78, 5) is 0. The van der Waals surface area contributed by atoms with Gasteiger partial charge in [0.05, 0.1) is 11.9 Å². The minimum absolute atomic E-state index is 0. The zero-order valence-corrected chi connectivity index (χ0v) is 13.4. The third-order valence-electron chi connectivity index (χ3n) is 3.01. The van der Waals surface area contributed by atoms with Crippen LogP contribution in [0.25, 0.3) is 0 Å². The molecule has 0 saturated heterocycles. The van der Waals surface area contributed by atoms with E-state index in [1.54, 1.807) is 0 Å². The van der Waals surface area contributed by atoms with Gasteiger partial charge in [-0.3, -0.25) is 9.36 Å². The van der Waals surface area contributed by atoms with Crippen LogP contribution in [-0.4, -0.2) is 19.6 Å². The molecule has 2 heterocycles. The highest BCUT2D eigenvalue weighted by Crippen LogP contribution is 2.06. The van der Waals surface area contributed by atoms with Gasteiger partial charge in [0.25, 0.3) is 0 Å². The molecule has 0 bridgehead atoms. The smallest absolute Gasteiger partial charge is 0.0762 e. The van der Waals surface area contributed by atoms with Crippen molar-refractivity contribution in [1.29, 1.82) is 0 Å². The first kappa shape index (κ1) is 16.7. The number of hydrogen-bond acceptors (Lipinski definition) is 3. The van der Waals surface area contributed by atoms with Crippen molar-refractivity contribution >= 4 is 12.4 Å². The molecule has 0 atom stereocenters. The highest BCUT2D eigenvalue weighted by molar-refractivity contribution is 5.85. The number of nitrogens with zero attached hydrogens (tertiary/aromatic N) is 4. The summed E-state index contributed by atoms with van der Waals surface area (Å²) in [7, 11) is 0. The second kappa shape index (κ2) is 7.45. The van der Waals surface area contributed by atoms with E-state index >= 15 is 0 Å². The number of halogens is 1. The molecule has 20 heavy (non-hydrogen) atoms. The lowest BCUT2D eigenvalue weighted by Crippen LogP contribution is -2.13. The molecule has 112 valence electrons. The molecule has 0 aliphatic rings. The zero-order valence-electron chi connectivity index (χ0n) is 12.6. The average Bonchev–Trinajstić information content (AvgIpc) is 2.97. The second-order valence-corrected chi connectivity index (χ2v) is 5.41. The van der Waals surface area contributed by atoms with Crippen LogP contribution in [0.2, 0.25) is 0 Å². The van der Waals surface area contributed by atoms with E-state index in [1.165, 1.54) is 5.56 Å². The maximum Gasteiger partial charge on any atom is 0.0762 e. The predicted molar refractivity (Wildman–Crippen MR) is 83.0 cm³/mol. The summed E-state index contributed by atoms with van der Waals surface area (Å²) in [6, 6.07) is 2.89. The van der Waals surface area contributed by atoms with Gasteiger partial charge in [-0.15, -0.1) is 12.4 Å². The number of hydrogen-bond donors (Lipinski definition) is 1. The van der Waals surface area contributed by atoms with Gasteiger partial charge in [0, 0.05) is 43.1 Å². The molecular formula is C14H24ClN5. The lowest BCUT2D eigenvalue weighted by atomic mass is 10.3. The fraction of sp³-hybridized carbons (Fsp3) is 0.571. The van der Waals surface area contributed by atoms with E-state index in [-0.39, 0.29) is 12.4 Å². The van der Waals surface area contributed by atoms with Gasteiger partial charge in [0.1, 0.15) is 0 Å². The topological polar surface area (TPSA) is 47.7 Å². The third-order valence-corrected chi connectivity index (χ3v) is 3.01. The number of aromatic nitrogens is 4. The Balaban J connectivity index is 0.00000200. The fourth-order valence-electron chi connectivity index (χ4n) is 1.85. The Morgan fingerprint density at radius 3 is 2.35 bits per heavy atom. The van der Waals surface area contributed by atoms with Crippen LogP contribution in [-0.2, 0) is 13.1 Å². The van der Waals surface area contributed by atoms with Gasteiger partial charge in [0.2, 0.25) is 0 Å². The Hall–Kier alpha value is -1.33. The summed E-state index contributed by atoms with van der Waals surface area (Å²) in [5.41, 5.74) is 2.28. The zero-order chi connectivity index (χ0) is 13.8. The van der Waals surface area contributed by atoms with Crippen molar-refractivity contribution in [2.75, 3.05) is 0 Å². The maximum atomic E-state index is 4.51. The first-order valence-corrected chi connectivity index (χ1v) is 6.84. The molecule has 0 saturated carbocycles. The molecule has 0 radical (unpaired) electrons. The van der Waals surface area contributed by atoms with Crippen LogP contribution in [0.5, 0.6) is 0 Å². The minimum Gasteiger partial charge on any atom is -0.307 e. The van der Waals surface area contributed by atoms with E-state index in [0.29, 0.717) is 12.1 Å². The third kappa shape index (κ3) is 4.35. The van der Waals surface area contributed by atoms with Crippen molar-refractivity contribution in [3.63, 3.8) is 0 Å². The average molecular weight is 298 g/mol. The first-order chi connectivity index (χ1) is 9.06. The van der Waals surface area contributed by atoms with E-state index in [1.807, 2.05) is 21.8 Å². The Labute approximate surface area is 126 Å². The summed E-state index contributed by atoms with van der Waals surface area (Å²) < 4.78 is 3.96. The second-order valence-electron chi connectivity index (χ2n) is 5.41. The molecule has 0 aliphatic carbocycles. The van der Waals surface area contributed by atoms with Crippen LogP contribution in [0, 0.1) is 0 Å². The van der Waals surface area contributed by atoms with Crippen LogP contribution in [0.15, 0.2) is 24.7 Å². The van der Waals surface area contributed by atoms with Crippen LogP contribution >= 0.6 is 12.4 Å². The molecule has 0 spiro atoms. The lowest BCUT2D eigenvalue weighted by Gasteiger charge is -2.04. The number of nitrogens with one attached hydrogen (secondary N) is 1. The van der Waals surface area contributed by atoms with E-state index in [0.717, 1.165) is 18.8 Å². The molecule has 2 rings (SSSR count). The molecule has 0 fully saturated rings. The standard InChI is InChI=1S/C14H23N5.ClH/c1-11(2)18-6-5-14(17-18)9-15-7-13-8-16-19(10-13)12(3)4;/h5-6,8,10-12,15H,7,9H2,1-4H3;1H.